The highest BCUT2D eigenvalue weighted by atomic mass is 35.5. The summed E-state index contributed by atoms with van der Waals surface area (Å²) in [6, 6.07) is 15.8. The molecule has 0 atom stereocenters. The zero-order chi connectivity index (χ0) is 30.5. The van der Waals surface area contributed by atoms with E-state index in [1.165, 1.54) is 0 Å². The molecule has 2 aliphatic heterocycles. The molecule has 0 unspecified atom stereocenters. The number of H-pyrrole nitrogens is 2. The third kappa shape index (κ3) is 4.76. The van der Waals surface area contributed by atoms with E-state index in [2.05, 4.69) is 36.6 Å². The minimum absolute atomic E-state index is 0.0136. The number of benzene rings is 2. The number of aromatic amines is 2. The van der Waals surface area contributed by atoms with Crippen LogP contribution in [0.4, 0.5) is 0 Å². The van der Waals surface area contributed by atoms with E-state index in [1.54, 1.807) is 6.20 Å². The smallest absolute Gasteiger partial charge is 0.253 e. The van der Waals surface area contributed by atoms with E-state index in [1.807, 2.05) is 61.1 Å². The number of carbonyl (C=O) groups is 2. The number of fused-ring (bicyclic) bond motifs is 10. The van der Waals surface area contributed by atoms with Crippen LogP contribution in [0.1, 0.15) is 44.9 Å². The zero-order valence-corrected chi connectivity index (χ0v) is 25.0. The van der Waals surface area contributed by atoms with E-state index < -0.39 is 0 Å². The van der Waals surface area contributed by atoms with Gasteiger partial charge in [0.15, 0.2) is 0 Å². The molecule has 0 aliphatic carbocycles. The van der Waals surface area contributed by atoms with Crippen LogP contribution < -0.4 is 10.6 Å². The van der Waals surface area contributed by atoms with Crippen molar-refractivity contribution in [1.82, 2.24) is 35.6 Å². The maximum Gasteiger partial charge on any atom is 0.253 e. The summed E-state index contributed by atoms with van der Waals surface area (Å²) in [5.74, 6) is -0.00687. The molecule has 9 rings (SSSR count). The fourth-order valence-corrected chi connectivity index (χ4v) is 6.64. The Labute approximate surface area is 262 Å². The van der Waals surface area contributed by atoms with E-state index >= 15 is 0 Å². The summed E-state index contributed by atoms with van der Waals surface area (Å²) in [6.45, 7) is 1.44. The van der Waals surface area contributed by atoms with Crippen LogP contribution in [0, 0.1) is 0 Å². The quantitative estimate of drug-likeness (QED) is 0.157. The van der Waals surface area contributed by atoms with Crippen LogP contribution >= 0.6 is 11.6 Å². The molecule has 45 heavy (non-hydrogen) atoms. The van der Waals surface area contributed by atoms with Gasteiger partial charge in [0.2, 0.25) is 0 Å². The number of hydrogen-bond acceptors (Lipinski definition) is 5. The molecule has 9 nitrogen and oxygen atoms in total. The van der Waals surface area contributed by atoms with Crippen LogP contribution in [0.25, 0.3) is 54.6 Å². The standard InChI is InChI=1S/C20H16N4O.C15H12ClN3O/c25-20-18-14-6-5-12-11-23-17(13-3-1-7-21-10-13)9-15(12)19(14)24-16(18)4-2-8-22-20;16-12-6-10-8(7-18-12)3-4-9-13-11(19-14(9)10)2-1-5-17-15(13)20/h1,3,5-7,9-11,24H,2,4,8H2,(H,22,25);3-4,6-7,18H,1-2,5H2,(H,17,20). The van der Waals surface area contributed by atoms with E-state index in [9.17, 15) is 9.59 Å². The SMILES string of the molecule is O=C1NCCCc2[nH]c3c(ccc4cnc(-c5cccnc5)cc43)c21.O=C1NCCCc2nc3c(ccc4c[nH]c(Cl)cc43)c21. The molecular weight excluding hydrogens is 586 g/mol. The van der Waals surface area contributed by atoms with E-state index in [-0.39, 0.29) is 11.8 Å². The molecule has 4 N–H and O–H groups in total. The molecule has 10 heteroatoms. The maximum absolute atomic E-state index is 12.5. The van der Waals surface area contributed by atoms with E-state index in [0.717, 1.165) is 109 Å². The minimum atomic E-state index is -0.0204. The first-order valence-corrected chi connectivity index (χ1v) is 15.4. The Balaban J connectivity index is 0.000000137. The number of amides is 2. The number of nitrogens with zero attached hydrogens (tertiary/aromatic N) is 3. The van der Waals surface area contributed by atoms with Crippen molar-refractivity contribution in [2.24, 2.45) is 0 Å². The Morgan fingerprint density at radius 1 is 0.778 bits per heavy atom. The van der Waals surface area contributed by atoms with Crippen molar-refractivity contribution < 1.29 is 9.59 Å². The number of pyridine rings is 3. The molecule has 222 valence electrons. The summed E-state index contributed by atoms with van der Waals surface area (Å²) >= 11 is 6.04. The Morgan fingerprint density at radius 2 is 1.58 bits per heavy atom. The molecule has 2 amide bonds. The number of aromatic nitrogens is 5. The highest BCUT2D eigenvalue weighted by molar-refractivity contribution is 6.30. The first-order valence-electron chi connectivity index (χ1n) is 15.0. The molecule has 2 aromatic carbocycles. The Bertz CT molecular complexity index is 2290. The molecule has 0 spiro atoms. The van der Waals surface area contributed by atoms with Crippen LogP contribution in [0.2, 0.25) is 5.15 Å². The van der Waals surface area contributed by atoms with Crippen molar-refractivity contribution in [2.75, 3.05) is 13.1 Å². The highest BCUT2D eigenvalue weighted by Gasteiger charge is 2.23. The first-order chi connectivity index (χ1) is 22.0. The van der Waals surface area contributed by atoms with Gasteiger partial charge in [-0.1, -0.05) is 35.9 Å². The second kappa shape index (κ2) is 11.0. The lowest BCUT2D eigenvalue weighted by molar-refractivity contribution is 0.0949. The molecule has 0 fully saturated rings. The summed E-state index contributed by atoms with van der Waals surface area (Å²) in [7, 11) is 0. The molecule has 0 saturated heterocycles. The molecule has 7 heterocycles. The van der Waals surface area contributed by atoms with Crippen LogP contribution in [-0.2, 0) is 12.8 Å². The van der Waals surface area contributed by atoms with E-state index in [0.29, 0.717) is 11.7 Å². The third-order valence-corrected chi connectivity index (χ3v) is 8.84. The molecule has 7 aromatic rings. The van der Waals surface area contributed by atoms with Crippen molar-refractivity contribution in [1.29, 1.82) is 0 Å². The Kier molecular flexibility index (Phi) is 6.68. The van der Waals surface area contributed by atoms with Crippen molar-refractivity contribution >= 4 is 66.8 Å². The lowest BCUT2D eigenvalue weighted by Gasteiger charge is -2.05. The van der Waals surface area contributed by atoms with Gasteiger partial charge in [0.1, 0.15) is 5.15 Å². The van der Waals surface area contributed by atoms with Crippen molar-refractivity contribution in [2.45, 2.75) is 25.7 Å². The fourth-order valence-electron chi connectivity index (χ4n) is 6.48. The molecule has 0 radical (unpaired) electrons. The summed E-state index contributed by atoms with van der Waals surface area (Å²) in [5, 5.41) is 12.5. The van der Waals surface area contributed by atoms with Crippen LogP contribution in [0.3, 0.4) is 0 Å². The number of carbonyl (C=O) groups excluding carboxylic acids is 2. The van der Waals surface area contributed by atoms with Gasteiger partial charge in [-0.25, -0.2) is 0 Å². The van der Waals surface area contributed by atoms with Crippen LogP contribution in [-0.4, -0.2) is 49.8 Å². The van der Waals surface area contributed by atoms with Gasteiger partial charge in [-0.3, -0.25) is 24.5 Å². The van der Waals surface area contributed by atoms with Gasteiger partial charge >= 0.3 is 0 Å². The van der Waals surface area contributed by atoms with Gasteiger partial charge in [0.25, 0.3) is 11.8 Å². The fraction of sp³-hybridized carbons (Fsp3) is 0.171. The molecule has 0 bridgehead atoms. The average Bonchev–Trinajstić information content (AvgIpc) is 3.51. The molecule has 0 saturated carbocycles. The molecule has 2 aliphatic rings. The summed E-state index contributed by atoms with van der Waals surface area (Å²) in [6.07, 6.45) is 10.9. The number of nitrogens with one attached hydrogen (secondary N) is 4. The minimum Gasteiger partial charge on any atom is -0.357 e. The number of halogens is 1. The molecular formula is C35H28ClN7O2. The predicted octanol–water partition coefficient (Wildman–Crippen LogP) is 6.50. The van der Waals surface area contributed by atoms with Crippen molar-refractivity contribution in [3.8, 4) is 11.3 Å². The number of aryl methyl sites for hydroxylation is 2. The van der Waals surface area contributed by atoms with Gasteiger partial charge in [0, 0.05) is 81.5 Å². The van der Waals surface area contributed by atoms with Gasteiger partial charge in [-0.05, 0) is 49.9 Å². The largest absolute Gasteiger partial charge is 0.357 e. The second-order valence-electron chi connectivity index (χ2n) is 11.4. The lowest BCUT2D eigenvalue weighted by atomic mass is 10.0. The third-order valence-electron chi connectivity index (χ3n) is 8.62. The summed E-state index contributed by atoms with van der Waals surface area (Å²) in [4.78, 5) is 44.6. The number of rotatable bonds is 1. The summed E-state index contributed by atoms with van der Waals surface area (Å²) < 4.78 is 0. The highest BCUT2D eigenvalue weighted by Crippen LogP contribution is 2.33. The summed E-state index contributed by atoms with van der Waals surface area (Å²) in [5.41, 5.74) is 7.16. The average molecular weight is 614 g/mol. The van der Waals surface area contributed by atoms with Crippen molar-refractivity contribution in [3.05, 3.63) is 101 Å². The lowest BCUT2D eigenvalue weighted by Crippen LogP contribution is -2.22. The van der Waals surface area contributed by atoms with Gasteiger partial charge in [0.05, 0.1) is 33.5 Å². The number of hydrogen-bond donors (Lipinski definition) is 4. The van der Waals surface area contributed by atoms with E-state index in [4.69, 9.17) is 16.6 Å². The van der Waals surface area contributed by atoms with Gasteiger partial charge in [-0.15, -0.1) is 0 Å². The Hall–Kier alpha value is -5.28. The first kappa shape index (κ1) is 27.3. The predicted molar refractivity (Wildman–Crippen MR) is 177 cm³/mol. The van der Waals surface area contributed by atoms with Gasteiger partial charge in [-0.2, -0.15) is 0 Å². The second-order valence-corrected chi connectivity index (χ2v) is 11.8. The normalized spacial score (nSPS) is 14.7. The monoisotopic (exact) mass is 613 g/mol. The van der Waals surface area contributed by atoms with Crippen LogP contribution in [0.15, 0.2) is 73.3 Å². The van der Waals surface area contributed by atoms with Crippen LogP contribution in [0.5, 0.6) is 0 Å². The zero-order valence-electron chi connectivity index (χ0n) is 24.2. The molecule has 5 aromatic heterocycles. The van der Waals surface area contributed by atoms with Crippen molar-refractivity contribution in [3.63, 3.8) is 0 Å². The topological polar surface area (TPSA) is 128 Å². The van der Waals surface area contributed by atoms with Gasteiger partial charge < -0.3 is 20.6 Å². The maximum atomic E-state index is 12.5. The Morgan fingerprint density at radius 3 is 2.42 bits per heavy atom.